The number of benzene rings is 1. The predicted molar refractivity (Wildman–Crippen MR) is 62.4 cm³/mol. The molecular weight excluding hydrogens is 303 g/mol. The highest BCUT2D eigenvalue weighted by Gasteiger charge is 2.18. The van der Waals surface area contributed by atoms with E-state index in [0.717, 1.165) is 18.3 Å². The standard InChI is InChI=1S/C12H6ClF5N2/c13-10-9(12(17)18)19-4-8(20-10)5-1-2-7(14)6(3-5)11(15)16/h1-4,11-12H. The Morgan fingerprint density at radius 2 is 1.75 bits per heavy atom. The molecule has 0 atom stereocenters. The van der Waals surface area contributed by atoms with E-state index in [0.29, 0.717) is 0 Å². The Balaban J connectivity index is 2.47. The molecule has 20 heavy (non-hydrogen) atoms. The monoisotopic (exact) mass is 308 g/mol. The van der Waals surface area contributed by atoms with Crippen LogP contribution < -0.4 is 0 Å². The van der Waals surface area contributed by atoms with E-state index in [1.54, 1.807) is 0 Å². The van der Waals surface area contributed by atoms with Crippen LogP contribution in [-0.4, -0.2) is 9.97 Å². The number of nitrogens with zero attached hydrogens (tertiary/aromatic N) is 2. The summed E-state index contributed by atoms with van der Waals surface area (Å²) >= 11 is 5.53. The minimum atomic E-state index is -3.00. The number of hydrogen-bond acceptors (Lipinski definition) is 2. The van der Waals surface area contributed by atoms with E-state index in [1.807, 2.05) is 0 Å². The topological polar surface area (TPSA) is 25.8 Å². The molecule has 8 heteroatoms. The third kappa shape index (κ3) is 2.87. The van der Waals surface area contributed by atoms with Crippen LogP contribution in [0.2, 0.25) is 5.15 Å². The molecule has 0 spiro atoms. The third-order valence-electron chi connectivity index (χ3n) is 2.49. The van der Waals surface area contributed by atoms with Gasteiger partial charge in [0.15, 0.2) is 5.15 Å². The van der Waals surface area contributed by atoms with Gasteiger partial charge in [-0.2, -0.15) is 0 Å². The first kappa shape index (κ1) is 14.6. The van der Waals surface area contributed by atoms with Crippen molar-refractivity contribution in [1.29, 1.82) is 0 Å². The van der Waals surface area contributed by atoms with Gasteiger partial charge in [0.25, 0.3) is 12.9 Å². The van der Waals surface area contributed by atoms with Gasteiger partial charge < -0.3 is 0 Å². The van der Waals surface area contributed by atoms with Crippen LogP contribution in [0.1, 0.15) is 24.1 Å². The minimum Gasteiger partial charge on any atom is -0.250 e. The van der Waals surface area contributed by atoms with Gasteiger partial charge in [0.05, 0.1) is 17.5 Å². The zero-order chi connectivity index (χ0) is 14.9. The Labute approximate surface area is 115 Å². The van der Waals surface area contributed by atoms with Gasteiger partial charge in [-0.15, -0.1) is 0 Å². The Morgan fingerprint density at radius 3 is 2.30 bits per heavy atom. The molecule has 0 aliphatic rings. The number of hydrogen-bond donors (Lipinski definition) is 0. The van der Waals surface area contributed by atoms with Crippen molar-refractivity contribution < 1.29 is 22.0 Å². The zero-order valence-corrected chi connectivity index (χ0v) is 10.4. The summed E-state index contributed by atoms with van der Waals surface area (Å²) in [6, 6.07) is 2.90. The molecule has 2 rings (SSSR count). The predicted octanol–water partition coefficient (Wildman–Crippen LogP) is 4.81. The van der Waals surface area contributed by atoms with Crippen molar-refractivity contribution in [2.45, 2.75) is 12.9 Å². The lowest BCUT2D eigenvalue weighted by atomic mass is 10.1. The van der Waals surface area contributed by atoms with Gasteiger partial charge in [-0.1, -0.05) is 11.6 Å². The Morgan fingerprint density at radius 1 is 1.05 bits per heavy atom. The van der Waals surface area contributed by atoms with Gasteiger partial charge in [-0.25, -0.2) is 31.9 Å². The first-order chi connectivity index (χ1) is 9.40. The van der Waals surface area contributed by atoms with Crippen LogP contribution in [0, 0.1) is 5.82 Å². The molecule has 2 nitrogen and oxygen atoms in total. The minimum absolute atomic E-state index is 0.00120. The lowest BCUT2D eigenvalue weighted by Crippen LogP contribution is -1.97. The van der Waals surface area contributed by atoms with Crippen LogP contribution in [-0.2, 0) is 0 Å². The van der Waals surface area contributed by atoms with Crippen molar-refractivity contribution in [3.05, 3.63) is 46.6 Å². The largest absolute Gasteiger partial charge is 0.283 e. The third-order valence-corrected chi connectivity index (χ3v) is 2.77. The molecule has 0 aliphatic carbocycles. The van der Waals surface area contributed by atoms with Crippen molar-refractivity contribution in [3.63, 3.8) is 0 Å². The van der Waals surface area contributed by atoms with Crippen molar-refractivity contribution in [3.8, 4) is 11.3 Å². The van der Waals surface area contributed by atoms with Gasteiger partial charge >= 0.3 is 0 Å². The summed E-state index contributed by atoms with van der Waals surface area (Å²) in [4.78, 5) is 7.08. The van der Waals surface area contributed by atoms with Crippen molar-refractivity contribution in [1.82, 2.24) is 9.97 Å². The fourth-order valence-corrected chi connectivity index (χ4v) is 1.75. The summed E-state index contributed by atoms with van der Waals surface area (Å²) in [6.07, 6.45) is -4.93. The molecule has 0 amide bonds. The molecule has 0 radical (unpaired) electrons. The lowest BCUT2D eigenvalue weighted by Gasteiger charge is -2.07. The fourth-order valence-electron chi connectivity index (χ4n) is 1.53. The normalized spacial score (nSPS) is 11.4. The average molecular weight is 309 g/mol. The van der Waals surface area contributed by atoms with Crippen LogP contribution in [0.3, 0.4) is 0 Å². The van der Waals surface area contributed by atoms with E-state index in [9.17, 15) is 22.0 Å². The Hall–Kier alpha value is -1.76. The molecule has 0 aliphatic heterocycles. The Kier molecular flexibility index (Phi) is 4.17. The molecule has 1 aromatic carbocycles. The summed E-state index contributed by atoms with van der Waals surface area (Å²) in [5.41, 5.74) is -1.40. The summed E-state index contributed by atoms with van der Waals surface area (Å²) in [5, 5.41) is -0.527. The molecule has 0 bridgehead atoms. The van der Waals surface area contributed by atoms with Crippen LogP contribution in [0.4, 0.5) is 22.0 Å². The second kappa shape index (κ2) is 5.70. The van der Waals surface area contributed by atoms with Crippen molar-refractivity contribution >= 4 is 11.6 Å². The molecule has 2 aromatic rings. The van der Waals surface area contributed by atoms with E-state index < -0.39 is 35.1 Å². The maximum Gasteiger partial charge on any atom is 0.283 e. The zero-order valence-electron chi connectivity index (χ0n) is 9.63. The van der Waals surface area contributed by atoms with Gasteiger partial charge in [-0.05, 0) is 18.2 Å². The Bertz CT molecular complexity index is 633. The van der Waals surface area contributed by atoms with E-state index >= 15 is 0 Å². The molecule has 0 saturated carbocycles. The van der Waals surface area contributed by atoms with Crippen LogP contribution >= 0.6 is 11.6 Å². The SMILES string of the molecule is Fc1ccc(-c2cnc(C(F)F)c(Cl)n2)cc1C(F)F. The highest BCUT2D eigenvalue weighted by atomic mass is 35.5. The second-order valence-corrected chi connectivity index (χ2v) is 4.13. The van der Waals surface area contributed by atoms with Crippen LogP contribution in [0.5, 0.6) is 0 Å². The molecule has 1 heterocycles. The number of alkyl halides is 4. The summed E-state index contributed by atoms with van der Waals surface area (Å²) in [5.74, 6) is -1.06. The molecule has 106 valence electrons. The molecule has 0 unspecified atom stereocenters. The van der Waals surface area contributed by atoms with Gasteiger partial charge in [0, 0.05) is 5.56 Å². The summed E-state index contributed by atoms with van der Waals surface area (Å²) < 4.78 is 63.2. The van der Waals surface area contributed by atoms with E-state index in [-0.39, 0.29) is 11.3 Å². The lowest BCUT2D eigenvalue weighted by molar-refractivity contribution is 0.145. The maximum atomic E-state index is 13.1. The molecule has 1 aromatic heterocycles. The molecule has 0 fully saturated rings. The first-order valence-corrected chi connectivity index (χ1v) is 5.66. The smallest absolute Gasteiger partial charge is 0.250 e. The quantitative estimate of drug-likeness (QED) is 0.760. The van der Waals surface area contributed by atoms with Gasteiger partial charge in [0.1, 0.15) is 11.5 Å². The van der Waals surface area contributed by atoms with Gasteiger partial charge in [0.2, 0.25) is 0 Å². The van der Waals surface area contributed by atoms with E-state index in [4.69, 9.17) is 11.6 Å². The summed E-state index contributed by atoms with van der Waals surface area (Å²) in [7, 11) is 0. The molecule has 0 saturated heterocycles. The number of halogens is 6. The highest BCUT2D eigenvalue weighted by Crippen LogP contribution is 2.29. The second-order valence-electron chi connectivity index (χ2n) is 3.77. The van der Waals surface area contributed by atoms with Crippen LogP contribution in [0.25, 0.3) is 11.3 Å². The number of rotatable bonds is 3. The molecule has 0 N–H and O–H groups in total. The highest BCUT2D eigenvalue weighted by molar-refractivity contribution is 6.30. The van der Waals surface area contributed by atoms with E-state index in [1.165, 1.54) is 6.07 Å². The number of aromatic nitrogens is 2. The molecular formula is C12H6ClF5N2. The fraction of sp³-hybridized carbons (Fsp3) is 0.167. The maximum absolute atomic E-state index is 13.1. The average Bonchev–Trinajstić information content (AvgIpc) is 2.38. The van der Waals surface area contributed by atoms with Gasteiger partial charge in [-0.3, -0.25) is 0 Å². The summed E-state index contributed by atoms with van der Waals surface area (Å²) in [6.45, 7) is 0. The van der Waals surface area contributed by atoms with Crippen molar-refractivity contribution in [2.75, 3.05) is 0 Å². The van der Waals surface area contributed by atoms with E-state index in [2.05, 4.69) is 9.97 Å². The van der Waals surface area contributed by atoms with Crippen LogP contribution in [0.15, 0.2) is 24.4 Å². The first-order valence-electron chi connectivity index (χ1n) is 5.28. The van der Waals surface area contributed by atoms with Crippen molar-refractivity contribution in [2.24, 2.45) is 0 Å².